The van der Waals surface area contributed by atoms with Crippen LogP contribution in [0, 0.1) is 19.8 Å². The highest BCUT2D eigenvalue weighted by molar-refractivity contribution is 5.99. The number of nitrogens with zero attached hydrogens (tertiary/aromatic N) is 1. The Morgan fingerprint density at radius 1 is 1.27 bits per heavy atom. The maximum atomic E-state index is 12.6. The Balaban J connectivity index is 2.02. The third-order valence-corrected chi connectivity index (χ3v) is 4.54. The largest absolute Gasteiger partial charge is 0.493 e. The van der Waals surface area contributed by atoms with Crippen LogP contribution in [0.15, 0.2) is 12.1 Å². The van der Waals surface area contributed by atoms with Crippen molar-refractivity contribution in [1.29, 1.82) is 0 Å². The normalized spacial score (nSPS) is 16.7. The molecule has 2 rings (SSSR count). The predicted molar refractivity (Wildman–Crippen MR) is 90.9 cm³/mol. The van der Waals surface area contributed by atoms with Gasteiger partial charge in [-0.15, -0.1) is 0 Å². The Bertz CT molecular complexity index is 516. The number of piperidine rings is 1. The van der Waals surface area contributed by atoms with Gasteiger partial charge in [-0.2, -0.15) is 0 Å². The summed E-state index contributed by atoms with van der Waals surface area (Å²) < 4.78 is 5.72. The van der Waals surface area contributed by atoms with E-state index in [0.717, 1.165) is 48.0 Å². The fraction of sp³-hybridized carbons (Fsp3) is 0.632. The Morgan fingerprint density at radius 2 is 1.95 bits per heavy atom. The quantitative estimate of drug-likeness (QED) is 0.744. The molecule has 1 saturated heterocycles. The summed E-state index contributed by atoms with van der Waals surface area (Å²) in [6.45, 7) is 12.0. The standard InChI is InChI=1S/C19H29NO2/c1-5-22-19-16(4)12-15(3)13-17(19)18(21)8-11-20-9-6-14(2)7-10-20/h12-14H,5-11H2,1-4H3. The second-order valence-electron chi connectivity index (χ2n) is 6.59. The molecule has 1 aromatic rings. The van der Waals surface area contributed by atoms with E-state index in [4.69, 9.17) is 4.74 Å². The van der Waals surface area contributed by atoms with Crippen molar-refractivity contribution in [2.24, 2.45) is 5.92 Å². The molecule has 0 atom stereocenters. The van der Waals surface area contributed by atoms with E-state index in [9.17, 15) is 4.79 Å². The summed E-state index contributed by atoms with van der Waals surface area (Å²) >= 11 is 0. The molecule has 0 unspecified atom stereocenters. The number of benzene rings is 1. The van der Waals surface area contributed by atoms with Crippen LogP contribution in [0.25, 0.3) is 0 Å². The summed E-state index contributed by atoms with van der Waals surface area (Å²) in [4.78, 5) is 15.1. The van der Waals surface area contributed by atoms with Gasteiger partial charge in [0.05, 0.1) is 12.2 Å². The van der Waals surface area contributed by atoms with E-state index in [2.05, 4.69) is 17.9 Å². The van der Waals surface area contributed by atoms with Gasteiger partial charge in [-0.25, -0.2) is 0 Å². The molecule has 0 radical (unpaired) electrons. The van der Waals surface area contributed by atoms with E-state index in [1.54, 1.807) is 0 Å². The van der Waals surface area contributed by atoms with Crippen LogP contribution in [0.4, 0.5) is 0 Å². The van der Waals surface area contributed by atoms with Gasteiger partial charge in [-0.3, -0.25) is 4.79 Å². The summed E-state index contributed by atoms with van der Waals surface area (Å²) in [5, 5.41) is 0. The molecule has 1 aromatic carbocycles. The van der Waals surface area contributed by atoms with Gasteiger partial charge in [-0.05, 0) is 69.8 Å². The van der Waals surface area contributed by atoms with Crippen molar-refractivity contribution < 1.29 is 9.53 Å². The number of aryl methyl sites for hydroxylation is 2. The van der Waals surface area contributed by atoms with Crippen LogP contribution in [0.2, 0.25) is 0 Å². The first-order chi connectivity index (χ1) is 10.5. The molecule has 3 nitrogen and oxygen atoms in total. The van der Waals surface area contributed by atoms with Gasteiger partial charge in [0.15, 0.2) is 5.78 Å². The minimum absolute atomic E-state index is 0.203. The van der Waals surface area contributed by atoms with Gasteiger partial charge in [0.1, 0.15) is 5.75 Å². The number of ketones is 1. The van der Waals surface area contributed by atoms with Crippen molar-refractivity contribution in [2.75, 3.05) is 26.2 Å². The second-order valence-corrected chi connectivity index (χ2v) is 6.59. The van der Waals surface area contributed by atoms with Crippen LogP contribution < -0.4 is 4.74 Å². The van der Waals surface area contributed by atoms with Gasteiger partial charge in [0.2, 0.25) is 0 Å². The van der Waals surface area contributed by atoms with Crippen LogP contribution in [-0.2, 0) is 0 Å². The molecule has 0 spiro atoms. The predicted octanol–water partition coefficient (Wildman–Crippen LogP) is 4.01. The smallest absolute Gasteiger partial charge is 0.167 e. The summed E-state index contributed by atoms with van der Waals surface area (Å²) in [6, 6.07) is 4.05. The maximum absolute atomic E-state index is 12.6. The van der Waals surface area contributed by atoms with E-state index < -0.39 is 0 Å². The highest BCUT2D eigenvalue weighted by atomic mass is 16.5. The monoisotopic (exact) mass is 303 g/mol. The zero-order chi connectivity index (χ0) is 16.1. The molecule has 0 aliphatic carbocycles. The van der Waals surface area contributed by atoms with Crippen molar-refractivity contribution in [3.63, 3.8) is 0 Å². The van der Waals surface area contributed by atoms with Crippen LogP contribution in [-0.4, -0.2) is 36.9 Å². The third kappa shape index (κ3) is 4.33. The average molecular weight is 303 g/mol. The van der Waals surface area contributed by atoms with Crippen molar-refractivity contribution in [1.82, 2.24) is 4.90 Å². The lowest BCUT2D eigenvalue weighted by Gasteiger charge is -2.29. The van der Waals surface area contributed by atoms with Gasteiger partial charge in [0.25, 0.3) is 0 Å². The van der Waals surface area contributed by atoms with Crippen LogP contribution >= 0.6 is 0 Å². The van der Waals surface area contributed by atoms with E-state index in [1.165, 1.54) is 12.8 Å². The van der Waals surface area contributed by atoms with Crippen LogP contribution in [0.1, 0.15) is 54.6 Å². The molecule has 0 N–H and O–H groups in total. The first-order valence-corrected chi connectivity index (χ1v) is 8.50. The Labute approximate surface area is 134 Å². The van der Waals surface area contributed by atoms with Crippen molar-refractivity contribution >= 4 is 5.78 Å². The van der Waals surface area contributed by atoms with Gasteiger partial charge in [0, 0.05) is 13.0 Å². The highest BCUT2D eigenvalue weighted by Crippen LogP contribution is 2.27. The number of hydrogen-bond donors (Lipinski definition) is 0. The van der Waals surface area contributed by atoms with Gasteiger partial charge in [-0.1, -0.05) is 13.0 Å². The molecule has 1 fully saturated rings. The molecular weight excluding hydrogens is 274 g/mol. The molecule has 22 heavy (non-hydrogen) atoms. The molecular formula is C19H29NO2. The number of carbonyl (C=O) groups is 1. The minimum atomic E-state index is 0.203. The van der Waals surface area contributed by atoms with E-state index in [0.29, 0.717) is 13.0 Å². The number of ether oxygens (including phenoxy) is 1. The average Bonchev–Trinajstić information content (AvgIpc) is 2.49. The van der Waals surface area contributed by atoms with E-state index in [-0.39, 0.29) is 5.78 Å². The summed E-state index contributed by atoms with van der Waals surface area (Å²) in [5.41, 5.74) is 2.93. The number of hydrogen-bond acceptors (Lipinski definition) is 3. The summed E-state index contributed by atoms with van der Waals surface area (Å²) in [6.07, 6.45) is 3.08. The van der Waals surface area contributed by atoms with Crippen LogP contribution in [0.3, 0.4) is 0 Å². The first kappa shape index (κ1) is 17.0. The summed E-state index contributed by atoms with van der Waals surface area (Å²) in [5.74, 6) is 1.80. The fourth-order valence-corrected chi connectivity index (χ4v) is 3.18. The number of rotatable bonds is 6. The molecule has 3 heteroatoms. The fourth-order valence-electron chi connectivity index (χ4n) is 3.18. The number of Topliss-reactive ketones (excluding diaryl/α,β-unsaturated/α-hetero) is 1. The zero-order valence-electron chi connectivity index (χ0n) is 14.4. The van der Waals surface area contributed by atoms with E-state index >= 15 is 0 Å². The van der Waals surface area contributed by atoms with Crippen molar-refractivity contribution in [3.05, 3.63) is 28.8 Å². The van der Waals surface area contributed by atoms with Gasteiger partial charge < -0.3 is 9.64 Å². The highest BCUT2D eigenvalue weighted by Gasteiger charge is 2.19. The molecule has 0 amide bonds. The SMILES string of the molecule is CCOc1c(C)cc(C)cc1C(=O)CCN1CCC(C)CC1. The molecule has 0 saturated carbocycles. The molecule has 1 aliphatic rings. The topological polar surface area (TPSA) is 29.5 Å². The lowest BCUT2D eigenvalue weighted by molar-refractivity contribution is 0.0949. The molecule has 122 valence electrons. The number of carbonyl (C=O) groups excluding carboxylic acids is 1. The van der Waals surface area contributed by atoms with Crippen LogP contribution in [0.5, 0.6) is 5.75 Å². The third-order valence-electron chi connectivity index (χ3n) is 4.54. The zero-order valence-corrected chi connectivity index (χ0v) is 14.4. The first-order valence-electron chi connectivity index (χ1n) is 8.50. The molecule has 1 aliphatic heterocycles. The Morgan fingerprint density at radius 3 is 2.59 bits per heavy atom. The van der Waals surface area contributed by atoms with Crippen molar-refractivity contribution in [3.8, 4) is 5.75 Å². The minimum Gasteiger partial charge on any atom is -0.493 e. The van der Waals surface area contributed by atoms with E-state index in [1.807, 2.05) is 26.8 Å². The number of likely N-dealkylation sites (tertiary alicyclic amines) is 1. The molecule has 0 bridgehead atoms. The van der Waals surface area contributed by atoms with Crippen molar-refractivity contribution in [2.45, 2.75) is 47.0 Å². The van der Waals surface area contributed by atoms with Gasteiger partial charge >= 0.3 is 0 Å². The Hall–Kier alpha value is -1.35. The molecule has 1 heterocycles. The second kappa shape index (κ2) is 7.77. The Kier molecular flexibility index (Phi) is 6.01. The lowest BCUT2D eigenvalue weighted by atomic mass is 9.98. The molecule has 0 aromatic heterocycles. The maximum Gasteiger partial charge on any atom is 0.167 e. The lowest BCUT2D eigenvalue weighted by Crippen LogP contribution is -2.34. The summed E-state index contributed by atoms with van der Waals surface area (Å²) in [7, 11) is 0.